The highest BCUT2D eigenvalue weighted by atomic mass is 16.4. The van der Waals surface area contributed by atoms with E-state index >= 15 is 0 Å². The number of carboxylic acid groups (broad SMARTS) is 1. The van der Waals surface area contributed by atoms with Gasteiger partial charge in [0, 0.05) is 37.4 Å². The number of nitrogens with zero attached hydrogens (tertiary/aromatic N) is 2. The molecule has 0 aromatic heterocycles. The van der Waals surface area contributed by atoms with Crippen molar-refractivity contribution in [2.75, 3.05) is 25.5 Å². The van der Waals surface area contributed by atoms with Gasteiger partial charge in [0.05, 0.1) is 6.42 Å². The van der Waals surface area contributed by atoms with Crippen LogP contribution in [0.3, 0.4) is 0 Å². The molecule has 7 nitrogen and oxygen atoms in total. The Kier molecular flexibility index (Phi) is 6.38. The minimum absolute atomic E-state index is 0.0173. The number of carbonyl (C=O) groups excluding carboxylic acids is 2. The van der Waals surface area contributed by atoms with Gasteiger partial charge in [-0.05, 0) is 50.5 Å². The van der Waals surface area contributed by atoms with Gasteiger partial charge in [0.25, 0.3) is 5.91 Å². The standard InChI is InChI=1S/C18H25N3O4/c1-13-5-3-4-11-21(13)17(24)14-6-8-15(9-7-14)19-18(25)20(2)12-10-16(22)23/h6-9,13H,3-5,10-12H2,1-2H3,(H,19,25)(H,22,23). The van der Waals surface area contributed by atoms with Crippen molar-refractivity contribution in [1.82, 2.24) is 9.80 Å². The van der Waals surface area contributed by atoms with E-state index in [9.17, 15) is 14.4 Å². The number of likely N-dealkylation sites (tertiary alicyclic amines) is 1. The third kappa shape index (κ3) is 5.20. The quantitative estimate of drug-likeness (QED) is 0.857. The predicted octanol–water partition coefficient (Wildman–Crippen LogP) is 2.64. The molecule has 1 heterocycles. The summed E-state index contributed by atoms with van der Waals surface area (Å²) < 4.78 is 0. The van der Waals surface area contributed by atoms with Crippen molar-refractivity contribution in [1.29, 1.82) is 0 Å². The first-order valence-corrected chi connectivity index (χ1v) is 8.53. The fraction of sp³-hybridized carbons (Fsp3) is 0.500. The number of urea groups is 1. The van der Waals surface area contributed by atoms with Crippen molar-refractivity contribution in [2.24, 2.45) is 0 Å². The summed E-state index contributed by atoms with van der Waals surface area (Å²) in [4.78, 5) is 38.3. The van der Waals surface area contributed by atoms with E-state index in [4.69, 9.17) is 5.11 Å². The van der Waals surface area contributed by atoms with Crippen LogP contribution in [0.4, 0.5) is 10.5 Å². The molecule has 2 N–H and O–H groups in total. The van der Waals surface area contributed by atoms with Gasteiger partial charge in [0.1, 0.15) is 0 Å². The topological polar surface area (TPSA) is 90.0 Å². The third-order valence-corrected chi connectivity index (χ3v) is 4.45. The summed E-state index contributed by atoms with van der Waals surface area (Å²) in [5, 5.41) is 11.3. The molecule has 25 heavy (non-hydrogen) atoms. The molecule has 136 valence electrons. The van der Waals surface area contributed by atoms with E-state index in [1.807, 2.05) is 4.90 Å². The summed E-state index contributed by atoms with van der Waals surface area (Å²) in [6, 6.07) is 6.65. The molecule has 0 saturated carbocycles. The van der Waals surface area contributed by atoms with E-state index in [-0.39, 0.29) is 30.9 Å². The van der Waals surface area contributed by atoms with Crippen molar-refractivity contribution < 1.29 is 19.5 Å². The lowest BCUT2D eigenvalue weighted by atomic mass is 10.0. The van der Waals surface area contributed by atoms with Crippen LogP contribution in [-0.4, -0.2) is 59.0 Å². The van der Waals surface area contributed by atoms with E-state index < -0.39 is 5.97 Å². The molecule has 1 aromatic rings. The molecule has 1 aliphatic rings. The Hall–Kier alpha value is -2.57. The molecular weight excluding hydrogens is 322 g/mol. The Bertz CT molecular complexity index is 630. The largest absolute Gasteiger partial charge is 0.481 e. The van der Waals surface area contributed by atoms with Crippen LogP contribution in [0, 0.1) is 0 Å². The molecule has 1 aromatic carbocycles. The zero-order valence-corrected chi connectivity index (χ0v) is 14.7. The molecule has 7 heteroatoms. The van der Waals surface area contributed by atoms with Crippen LogP contribution in [0.15, 0.2) is 24.3 Å². The highest BCUT2D eigenvalue weighted by molar-refractivity contribution is 5.95. The average molecular weight is 347 g/mol. The number of aliphatic carboxylic acids is 1. The number of nitrogens with one attached hydrogen (secondary N) is 1. The van der Waals surface area contributed by atoms with Gasteiger partial charge >= 0.3 is 12.0 Å². The average Bonchev–Trinajstić information content (AvgIpc) is 2.60. The zero-order valence-electron chi connectivity index (χ0n) is 14.7. The van der Waals surface area contributed by atoms with E-state index in [0.29, 0.717) is 11.3 Å². The third-order valence-electron chi connectivity index (χ3n) is 4.45. The van der Waals surface area contributed by atoms with Crippen LogP contribution in [0.1, 0.15) is 43.0 Å². The molecule has 0 aliphatic carbocycles. The monoisotopic (exact) mass is 347 g/mol. The number of carbonyl (C=O) groups is 3. The molecule has 1 saturated heterocycles. The maximum absolute atomic E-state index is 12.6. The van der Waals surface area contributed by atoms with E-state index in [1.54, 1.807) is 24.3 Å². The van der Waals surface area contributed by atoms with Crippen LogP contribution < -0.4 is 5.32 Å². The number of hydrogen-bond donors (Lipinski definition) is 2. The second-order valence-electron chi connectivity index (χ2n) is 6.42. The van der Waals surface area contributed by atoms with Crippen molar-refractivity contribution >= 4 is 23.6 Å². The Morgan fingerprint density at radius 3 is 2.52 bits per heavy atom. The van der Waals surface area contributed by atoms with Crippen LogP contribution in [0.25, 0.3) is 0 Å². The van der Waals surface area contributed by atoms with Gasteiger partial charge < -0.3 is 20.2 Å². The van der Waals surface area contributed by atoms with Gasteiger partial charge in [-0.2, -0.15) is 0 Å². The highest BCUT2D eigenvalue weighted by Gasteiger charge is 2.24. The lowest BCUT2D eigenvalue weighted by Gasteiger charge is -2.33. The van der Waals surface area contributed by atoms with E-state index in [0.717, 1.165) is 25.8 Å². The van der Waals surface area contributed by atoms with Gasteiger partial charge in [0.15, 0.2) is 0 Å². The molecule has 1 atom stereocenters. The summed E-state index contributed by atoms with van der Waals surface area (Å²) in [7, 11) is 1.54. The molecule has 1 aliphatic heterocycles. The predicted molar refractivity (Wildman–Crippen MR) is 94.7 cm³/mol. The maximum Gasteiger partial charge on any atom is 0.321 e. The number of carboxylic acids is 1. The van der Waals surface area contributed by atoms with Gasteiger partial charge in [-0.3, -0.25) is 9.59 Å². The van der Waals surface area contributed by atoms with Crippen molar-refractivity contribution in [3.63, 3.8) is 0 Å². The number of anilines is 1. The molecule has 0 bridgehead atoms. The first kappa shape index (κ1) is 18.8. The highest BCUT2D eigenvalue weighted by Crippen LogP contribution is 2.20. The maximum atomic E-state index is 12.6. The summed E-state index contributed by atoms with van der Waals surface area (Å²) in [5.74, 6) is -0.932. The normalized spacial score (nSPS) is 17.0. The van der Waals surface area contributed by atoms with Crippen LogP contribution in [0.2, 0.25) is 0 Å². The molecule has 2 rings (SSSR count). The lowest BCUT2D eigenvalue weighted by Crippen LogP contribution is -2.42. The number of piperidine rings is 1. The van der Waals surface area contributed by atoms with Gasteiger partial charge in [-0.25, -0.2) is 4.79 Å². The fourth-order valence-corrected chi connectivity index (χ4v) is 2.85. The van der Waals surface area contributed by atoms with Crippen molar-refractivity contribution in [2.45, 2.75) is 38.6 Å². The molecule has 1 unspecified atom stereocenters. The first-order valence-electron chi connectivity index (χ1n) is 8.53. The smallest absolute Gasteiger partial charge is 0.321 e. The van der Waals surface area contributed by atoms with Crippen LogP contribution in [0.5, 0.6) is 0 Å². The Labute approximate surface area is 147 Å². The fourth-order valence-electron chi connectivity index (χ4n) is 2.85. The minimum atomic E-state index is -0.950. The summed E-state index contributed by atoms with van der Waals surface area (Å²) in [6.45, 7) is 2.98. The Morgan fingerprint density at radius 1 is 1.24 bits per heavy atom. The molecule has 0 radical (unpaired) electrons. The summed E-state index contributed by atoms with van der Waals surface area (Å²) in [5.41, 5.74) is 1.17. The molecule has 1 fully saturated rings. The van der Waals surface area contributed by atoms with Gasteiger partial charge in [-0.1, -0.05) is 0 Å². The summed E-state index contributed by atoms with van der Waals surface area (Å²) in [6.07, 6.45) is 3.12. The Balaban J connectivity index is 1.94. The zero-order chi connectivity index (χ0) is 18.4. The van der Waals surface area contributed by atoms with Crippen molar-refractivity contribution in [3.05, 3.63) is 29.8 Å². The second-order valence-corrected chi connectivity index (χ2v) is 6.42. The first-order chi connectivity index (χ1) is 11.9. The SMILES string of the molecule is CC1CCCCN1C(=O)c1ccc(NC(=O)N(C)CCC(=O)O)cc1. The second kappa shape index (κ2) is 8.50. The summed E-state index contributed by atoms with van der Waals surface area (Å²) >= 11 is 0. The number of rotatable bonds is 5. The van der Waals surface area contributed by atoms with Gasteiger partial charge in [-0.15, -0.1) is 0 Å². The number of benzene rings is 1. The lowest BCUT2D eigenvalue weighted by molar-refractivity contribution is -0.137. The number of amides is 3. The molecular formula is C18H25N3O4. The van der Waals surface area contributed by atoms with E-state index in [2.05, 4.69) is 12.2 Å². The van der Waals surface area contributed by atoms with Crippen molar-refractivity contribution in [3.8, 4) is 0 Å². The van der Waals surface area contributed by atoms with Gasteiger partial charge in [0.2, 0.25) is 0 Å². The van der Waals surface area contributed by atoms with Crippen LogP contribution in [-0.2, 0) is 4.79 Å². The number of hydrogen-bond acceptors (Lipinski definition) is 3. The minimum Gasteiger partial charge on any atom is -0.481 e. The van der Waals surface area contributed by atoms with Crippen LogP contribution >= 0.6 is 0 Å². The Morgan fingerprint density at radius 2 is 1.92 bits per heavy atom. The molecule has 0 spiro atoms. The molecule has 3 amide bonds. The van der Waals surface area contributed by atoms with E-state index in [1.165, 1.54) is 11.9 Å².